The molecule has 0 spiro atoms. The van der Waals surface area contributed by atoms with Crippen molar-refractivity contribution in [3.63, 3.8) is 0 Å². The number of nitrogens with one attached hydrogen (secondary N) is 1. The predicted molar refractivity (Wildman–Crippen MR) is 91.8 cm³/mol. The number of ketones is 1. The number of rotatable bonds is 5. The van der Waals surface area contributed by atoms with Crippen LogP contribution in [0.25, 0.3) is 0 Å². The van der Waals surface area contributed by atoms with E-state index in [4.69, 9.17) is 0 Å². The number of hydrogen-bond donors (Lipinski definition) is 1. The van der Waals surface area contributed by atoms with Crippen molar-refractivity contribution in [3.05, 3.63) is 36.4 Å². The van der Waals surface area contributed by atoms with Gasteiger partial charge in [-0.1, -0.05) is 18.2 Å². The van der Waals surface area contributed by atoms with Gasteiger partial charge in [0.2, 0.25) is 0 Å². The number of carbonyl (C=O) groups excluding carboxylic acids is 4. The first-order valence-electron chi connectivity index (χ1n) is 7.34. The molecule has 0 aromatic heterocycles. The van der Waals surface area contributed by atoms with E-state index >= 15 is 0 Å². The number of anilines is 1. The molecule has 1 aromatic rings. The van der Waals surface area contributed by atoms with E-state index in [1.165, 1.54) is 18.7 Å². The third kappa shape index (κ3) is 2.87. The topological polar surface area (TPSA) is 83.6 Å². The van der Waals surface area contributed by atoms with Crippen molar-refractivity contribution < 1.29 is 19.2 Å². The number of imide groups is 2. The molecule has 1 fully saturated rings. The molecule has 6 nitrogen and oxygen atoms in total. The summed E-state index contributed by atoms with van der Waals surface area (Å²) in [6, 6.07) is 5.95. The molecule has 0 bridgehead atoms. The molecule has 2 rings (SSSR count). The van der Waals surface area contributed by atoms with Crippen LogP contribution >= 0.6 is 11.8 Å². The van der Waals surface area contributed by atoms with Crippen molar-refractivity contribution in [1.82, 2.24) is 5.32 Å². The van der Waals surface area contributed by atoms with E-state index < -0.39 is 29.0 Å². The maximum atomic E-state index is 13.0. The average molecular weight is 346 g/mol. The molecule has 24 heavy (non-hydrogen) atoms. The molecule has 1 aliphatic heterocycles. The van der Waals surface area contributed by atoms with Crippen molar-refractivity contribution in [2.45, 2.75) is 25.2 Å². The van der Waals surface area contributed by atoms with Gasteiger partial charge in [-0.25, -0.2) is 9.69 Å². The lowest BCUT2D eigenvalue weighted by atomic mass is 9.76. The highest BCUT2D eigenvalue weighted by atomic mass is 32.2. The van der Waals surface area contributed by atoms with Crippen LogP contribution < -0.4 is 10.2 Å². The lowest BCUT2D eigenvalue weighted by Gasteiger charge is -2.37. The fourth-order valence-electron chi connectivity index (χ4n) is 2.55. The fraction of sp³-hybridized carbons (Fsp3) is 0.294. The van der Waals surface area contributed by atoms with Crippen LogP contribution in [0.2, 0.25) is 0 Å². The van der Waals surface area contributed by atoms with Crippen molar-refractivity contribution in [1.29, 1.82) is 0 Å². The van der Waals surface area contributed by atoms with E-state index in [1.54, 1.807) is 37.3 Å². The number of nitrogens with zero attached hydrogens (tertiary/aromatic N) is 1. The number of urea groups is 1. The van der Waals surface area contributed by atoms with Crippen LogP contribution in [-0.4, -0.2) is 29.9 Å². The summed E-state index contributed by atoms with van der Waals surface area (Å²) in [7, 11) is 0. The third-order valence-electron chi connectivity index (χ3n) is 3.95. The Morgan fingerprint density at radius 1 is 1.33 bits per heavy atom. The van der Waals surface area contributed by atoms with Gasteiger partial charge in [-0.15, -0.1) is 11.8 Å². The Labute approximate surface area is 144 Å². The molecular weight excluding hydrogens is 328 g/mol. The number of allylic oxidation sites excluding steroid dienone is 2. The van der Waals surface area contributed by atoms with Crippen molar-refractivity contribution >= 4 is 41.1 Å². The number of Topliss-reactive ketones (excluding diaryl/α,β-unsaturated/α-hetero) is 1. The SMILES string of the molecule is CC=CCC1(C(C)=O)C(=O)NC(=O)N(c2cccc(SC)c2)C1=O. The molecule has 1 unspecified atom stereocenters. The van der Waals surface area contributed by atoms with Gasteiger partial charge in [0, 0.05) is 4.90 Å². The number of amides is 4. The third-order valence-corrected chi connectivity index (χ3v) is 4.68. The summed E-state index contributed by atoms with van der Waals surface area (Å²) in [5, 5.41) is 2.14. The Morgan fingerprint density at radius 3 is 2.62 bits per heavy atom. The lowest BCUT2D eigenvalue weighted by molar-refractivity contribution is -0.149. The summed E-state index contributed by atoms with van der Waals surface area (Å²) in [5.74, 6) is -2.29. The summed E-state index contributed by atoms with van der Waals surface area (Å²) >= 11 is 1.46. The molecule has 7 heteroatoms. The van der Waals surface area contributed by atoms with E-state index in [1.807, 2.05) is 12.3 Å². The van der Waals surface area contributed by atoms with Gasteiger partial charge in [-0.2, -0.15) is 0 Å². The minimum Gasteiger partial charge on any atom is -0.298 e. The van der Waals surface area contributed by atoms with Gasteiger partial charge in [0.05, 0.1) is 5.69 Å². The van der Waals surface area contributed by atoms with Crippen molar-refractivity contribution in [2.24, 2.45) is 5.41 Å². The Bertz CT molecular complexity index is 744. The van der Waals surface area contributed by atoms with Crippen LogP contribution in [0.1, 0.15) is 20.3 Å². The molecule has 126 valence electrons. The highest BCUT2D eigenvalue weighted by molar-refractivity contribution is 7.98. The zero-order valence-electron chi connectivity index (χ0n) is 13.7. The second-order valence-corrected chi connectivity index (χ2v) is 6.22. The molecule has 1 aliphatic rings. The Morgan fingerprint density at radius 2 is 2.04 bits per heavy atom. The largest absolute Gasteiger partial charge is 0.335 e. The molecule has 1 atom stereocenters. The first kappa shape index (κ1) is 17.9. The first-order chi connectivity index (χ1) is 11.4. The van der Waals surface area contributed by atoms with Crippen LogP contribution in [0.15, 0.2) is 41.3 Å². The lowest BCUT2D eigenvalue weighted by Crippen LogP contribution is -2.66. The van der Waals surface area contributed by atoms with Gasteiger partial charge >= 0.3 is 6.03 Å². The van der Waals surface area contributed by atoms with Gasteiger partial charge in [0.15, 0.2) is 11.2 Å². The molecule has 1 heterocycles. The molecule has 0 saturated carbocycles. The molecular formula is C17H18N2O4S. The van der Waals surface area contributed by atoms with Crippen LogP contribution in [0.3, 0.4) is 0 Å². The van der Waals surface area contributed by atoms with Crippen molar-refractivity contribution in [2.75, 3.05) is 11.2 Å². The van der Waals surface area contributed by atoms with Crippen LogP contribution in [0.4, 0.5) is 10.5 Å². The standard InChI is InChI=1S/C17H18N2O4S/c1-4-5-9-17(11(2)20)14(21)18-16(23)19(15(17)22)12-7-6-8-13(10-12)24-3/h4-8,10H,9H2,1-3H3,(H,18,21,23). The number of hydrogen-bond acceptors (Lipinski definition) is 5. The Balaban J connectivity index is 2.56. The normalized spacial score (nSPS) is 21.3. The van der Waals surface area contributed by atoms with Gasteiger partial charge in [-0.3, -0.25) is 19.7 Å². The van der Waals surface area contributed by atoms with Crippen molar-refractivity contribution in [3.8, 4) is 0 Å². The predicted octanol–water partition coefficient (Wildman–Crippen LogP) is 2.53. The summed E-state index contributed by atoms with van der Waals surface area (Å²) in [5.41, 5.74) is -1.60. The first-order valence-corrected chi connectivity index (χ1v) is 8.57. The maximum absolute atomic E-state index is 13.0. The number of carbonyl (C=O) groups is 4. The van der Waals surface area contributed by atoms with Crippen LogP contribution in [-0.2, 0) is 14.4 Å². The minimum atomic E-state index is -1.92. The molecule has 1 N–H and O–H groups in total. The Kier molecular flexibility index (Phi) is 5.23. The number of benzene rings is 1. The molecule has 4 amide bonds. The molecule has 0 aliphatic carbocycles. The second-order valence-electron chi connectivity index (χ2n) is 5.34. The van der Waals surface area contributed by atoms with E-state index in [0.29, 0.717) is 5.69 Å². The maximum Gasteiger partial charge on any atom is 0.335 e. The summed E-state index contributed by atoms with van der Waals surface area (Å²) in [6.45, 7) is 2.91. The molecule has 0 radical (unpaired) electrons. The average Bonchev–Trinajstić information content (AvgIpc) is 2.54. The Hall–Kier alpha value is -2.41. The smallest absolute Gasteiger partial charge is 0.298 e. The number of barbiturate groups is 1. The van der Waals surface area contributed by atoms with Gasteiger partial charge in [0.1, 0.15) is 0 Å². The summed E-state index contributed by atoms with van der Waals surface area (Å²) < 4.78 is 0. The molecule has 1 saturated heterocycles. The number of thioether (sulfide) groups is 1. The van der Waals surface area contributed by atoms with E-state index in [0.717, 1.165) is 9.80 Å². The zero-order chi connectivity index (χ0) is 17.9. The van der Waals surface area contributed by atoms with Crippen LogP contribution in [0, 0.1) is 5.41 Å². The monoisotopic (exact) mass is 346 g/mol. The van der Waals surface area contributed by atoms with E-state index in [-0.39, 0.29) is 6.42 Å². The quantitative estimate of drug-likeness (QED) is 0.503. The van der Waals surface area contributed by atoms with E-state index in [9.17, 15) is 19.2 Å². The highest BCUT2D eigenvalue weighted by Crippen LogP contribution is 2.34. The molecule has 1 aromatic carbocycles. The zero-order valence-corrected chi connectivity index (χ0v) is 14.5. The van der Waals surface area contributed by atoms with Gasteiger partial charge < -0.3 is 0 Å². The highest BCUT2D eigenvalue weighted by Gasteiger charge is 2.57. The summed E-state index contributed by atoms with van der Waals surface area (Å²) in [6.07, 6.45) is 5.01. The fourth-order valence-corrected chi connectivity index (χ4v) is 3.01. The minimum absolute atomic E-state index is 0.0878. The summed E-state index contributed by atoms with van der Waals surface area (Å²) in [4.78, 5) is 51.5. The van der Waals surface area contributed by atoms with Crippen LogP contribution in [0.5, 0.6) is 0 Å². The van der Waals surface area contributed by atoms with E-state index in [2.05, 4.69) is 5.32 Å². The van der Waals surface area contributed by atoms with Gasteiger partial charge in [0.25, 0.3) is 11.8 Å². The van der Waals surface area contributed by atoms with Gasteiger partial charge in [-0.05, 0) is 44.7 Å². The second kappa shape index (κ2) is 7.00.